The van der Waals surface area contributed by atoms with E-state index in [1.54, 1.807) is 0 Å². The van der Waals surface area contributed by atoms with Crippen LogP contribution in [0.2, 0.25) is 5.02 Å². The van der Waals surface area contributed by atoms with Crippen molar-refractivity contribution in [2.24, 2.45) is 5.92 Å². The number of non-ortho nitro benzene ring substituents is 1. The van der Waals surface area contributed by atoms with Crippen LogP contribution in [-0.4, -0.2) is 41.7 Å². The lowest BCUT2D eigenvalue weighted by Gasteiger charge is -2.30. The zero-order chi connectivity index (χ0) is 22.9. The average Bonchev–Trinajstić information content (AvgIpc) is 3.20. The molecule has 1 aromatic heterocycles. The van der Waals surface area contributed by atoms with Gasteiger partial charge in [0.1, 0.15) is 16.5 Å². The third-order valence-corrected chi connectivity index (χ3v) is 8.60. The van der Waals surface area contributed by atoms with Crippen molar-refractivity contribution in [2.75, 3.05) is 13.1 Å². The minimum absolute atomic E-state index is 0.0694. The lowest BCUT2D eigenvalue weighted by molar-refractivity contribution is -0.385. The molecule has 0 saturated carbocycles. The molecule has 32 heavy (non-hydrogen) atoms. The van der Waals surface area contributed by atoms with Gasteiger partial charge in [0.25, 0.3) is 5.69 Å². The highest BCUT2D eigenvalue weighted by molar-refractivity contribution is 7.89. The number of fused-ring (bicyclic) bond motifs is 1. The van der Waals surface area contributed by atoms with E-state index < -0.39 is 26.8 Å². The molecule has 4 rings (SSSR count). The maximum Gasteiger partial charge on any atom is 0.309 e. The quantitative estimate of drug-likeness (QED) is 0.288. The predicted molar refractivity (Wildman–Crippen MR) is 119 cm³/mol. The lowest BCUT2D eigenvalue weighted by atomic mass is 9.98. The summed E-state index contributed by atoms with van der Waals surface area (Å²) < 4.78 is 33.5. The number of esters is 1. The molecule has 0 bridgehead atoms. The van der Waals surface area contributed by atoms with Crippen molar-refractivity contribution < 1.29 is 22.9 Å². The van der Waals surface area contributed by atoms with E-state index in [-0.39, 0.29) is 48.1 Å². The molecular formula is C20H18ClN3O6S2. The van der Waals surface area contributed by atoms with Crippen LogP contribution >= 0.6 is 22.9 Å². The zero-order valence-corrected chi connectivity index (χ0v) is 19.0. The second-order valence-electron chi connectivity index (χ2n) is 7.23. The molecule has 0 radical (unpaired) electrons. The van der Waals surface area contributed by atoms with Crippen LogP contribution in [0.1, 0.15) is 17.8 Å². The fraction of sp³-hybridized carbons (Fsp3) is 0.300. The minimum atomic E-state index is -4.03. The number of thiazole rings is 1. The van der Waals surface area contributed by atoms with Gasteiger partial charge in [-0.3, -0.25) is 14.9 Å². The van der Waals surface area contributed by atoms with Crippen molar-refractivity contribution in [3.8, 4) is 0 Å². The minimum Gasteiger partial charge on any atom is -0.458 e. The maximum atomic E-state index is 13.0. The van der Waals surface area contributed by atoms with Gasteiger partial charge in [-0.15, -0.1) is 11.3 Å². The molecule has 0 aliphatic carbocycles. The van der Waals surface area contributed by atoms with Crippen LogP contribution in [0.5, 0.6) is 0 Å². The lowest BCUT2D eigenvalue weighted by Crippen LogP contribution is -2.40. The number of benzene rings is 2. The fourth-order valence-electron chi connectivity index (χ4n) is 3.51. The Balaban J connectivity index is 1.37. The molecule has 3 aromatic rings. The average molecular weight is 496 g/mol. The molecule has 1 fully saturated rings. The highest BCUT2D eigenvalue weighted by Crippen LogP contribution is 2.31. The molecule has 12 heteroatoms. The Morgan fingerprint density at radius 2 is 1.97 bits per heavy atom. The Hall–Kier alpha value is -2.60. The van der Waals surface area contributed by atoms with E-state index in [0.29, 0.717) is 5.01 Å². The highest BCUT2D eigenvalue weighted by Gasteiger charge is 2.34. The number of hydrogen-bond donors (Lipinski definition) is 0. The number of sulfonamides is 1. The van der Waals surface area contributed by atoms with E-state index in [9.17, 15) is 23.3 Å². The summed E-state index contributed by atoms with van der Waals surface area (Å²) in [6, 6.07) is 10.9. The number of piperidine rings is 1. The first kappa shape index (κ1) is 22.6. The zero-order valence-electron chi connectivity index (χ0n) is 16.6. The van der Waals surface area contributed by atoms with Crippen LogP contribution in [0.25, 0.3) is 10.2 Å². The van der Waals surface area contributed by atoms with Crippen LogP contribution in [0.3, 0.4) is 0 Å². The Bertz CT molecular complexity index is 1250. The summed E-state index contributed by atoms with van der Waals surface area (Å²) in [6.45, 7) is 0.241. The van der Waals surface area contributed by atoms with Crippen molar-refractivity contribution in [3.63, 3.8) is 0 Å². The predicted octanol–water partition coefficient (Wildman–Crippen LogP) is 4.00. The molecule has 168 valence electrons. The number of nitrogens with zero attached hydrogens (tertiary/aromatic N) is 3. The van der Waals surface area contributed by atoms with Gasteiger partial charge >= 0.3 is 5.97 Å². The van der Waals surface area contributed by atoms with Crippen molar-refractivity contribution in [3.05, 3.63) is 62.6 Å². The molecule has 1 aliphatic rings. The van der Waals surface area contributed by atoms with Crippen molar-refractivity contribution in [2.45, 2.75) is 24.3 Å². The number of ether oxygens (including phenoxy) is 1. The van der Waals surface area contributed by atoms with Gasteiger partial charge in [-0.2, -0.15) is 4.31 Å². The largest absolute Gasteiger partial charge is 0.458 e. The SMILES string of the molecule is O=C(OCc1nc2ccccc2s1)C1CCN(S(=O)(=O)c2cc([N+](=O)[O-])ccc2Cl)CC1. The van der Waals surface area contributed by atoms with Crippen LogP contribution in [0.4, 0.5) is 5.69 Å². The van der Waals surface area contributed by atoms with E-state index in [2.05, 4.69) is 4.98 Å². The number of rotatable bonds is 6. The summed E-state index contributed by atoms with van der Waals surface area (Å²) in [6.07, 6.45) is 0.564. The number of hydrogen-bond acceptors (Lipinski definition) is 8. The topological polar surface area (TPSA) is 120 Å². The molecule has 0 spiro atoms. The molecule has 0 atom stereocenters. The van der Waals surface area contributed by atoms with Crippen molar-refractivity contribution in [1.29, 1.82) is 0 Å². The van der Waals surface area contributed by atoms with Crippen LogP contribution in [-0.2, 0) is 26.2 Å². The van der Waals surface area contributed by atoms with Gasteiger partial charge in [0, 0.05) is 25.2 Å². The number of carbonyl (C=O) groups excluding carboxylic acids is 1. The summed E-state index contributed by atoms with van der Waals surface area (Å²) in [7, 11) is -4.03. The fourth-order valence-corrected chi connectivity index (χ4v) is 6.35. The van der Waals surface area contributed by atoms with E-state index >= 15 is 0 Å². The van der Waals surface area contributed by atoms with Gasteiger partial charge in [0.15, 0.2) is 0 Å². The van der Waals surface area contributed by atoms with E-state index in [1.165, 1.54) is 21.7 Å². The second-order valence-corrected chi connectivity index (χ2v) is 10.7. The summed E-state index contributed by atoms with van der Waals surface area (Å²) in [5, 5.41) is 11.6. The second kappa shape index (κ2) is 9.10. The number of para-hydroxylation sites is 1. The number of carbonyl (C=O) groups is 1. The van der Waals surface area contributed by atoms with E-state index in [4.69, 9.17) is 16.3 Å². The molecule has 0 unspecified atom stereocenters. The summed E-state index contributed by atoms with van der Waals surface area (Å²) in [5.74, 6) is -0.828. The highest BCUT2D eigenvalue weighted by atomic mass is 35.5. The third-order valence-electron chi connectivity index (χ3n) is 5.21. The molecule has 0 amide bonds. The molecule has 9 nitrogen and oxygen atoms in total. The van der Waals surface area contributed by atoms with Crippen LogP contribution < -0.4 is 0 Å². The maximum absolute atomic E-state index is 13.0. The summed E-state index contributed by atoms with van der Waals surface area (Å²) in [5.41, 5.74) is 0.489. The Morgan fingerprint density at radius 3 is 2.66 bits per heavy atom. The molecule has 1 saturated heterocycles. The molecule has 0 N–H and O–H groups in total. The van der Waals surface area contributed by atoms with Gasteiger partial charge in [0.2, 0.25) is 10.0 Å². The standard InChI is InChI=1S/C20H18ClN3O6S2/c21-15-6-5-14(24(26)27)11-18(15)32(28,29)23-9-7-13(8-10-23)20(25)30-12-19-22-16-3-1-2-4-17(16)31-19/h1-6,11,13H,7-10,12H2. The van der Waals surface area contributed by atoms with Gasteiger partial charge < -0.3 is 4.74 Å². The Labute approximate surface area is 192 Å². The van der Waals surface area contributed by atoms with Crippen LogP contribution in [0, 0.1) is 16.0 Å². The smallest absolute Gasteiger partial charge is 0.309 e. The molecule has 2 aromatic carbocycles. The Morgan fingerprint density at radius 1 is 1.25 bits per heavy atom. The normalized spacial score (nSPS) is 15.7. The van der Waals surface area contributed by atoms with Gasteiger partial charge in [-0.05, 0) is 31.0 Å². The first-order valence-corrected chi connectivity index (χ1v) is 12.3. The first-order valence-electron chi connectivity index (χ1n) is 9.71. The number of nitro benzene ring substituents is 1. The molecular weight excluding hydrogens is 478 g/mol. The molecule has 1 aliphatic heterocycles. The number of nitro groups is 1. The van der Waals surface area contributed by atoms with E-state index in [0.717, 1.165) is 22.3 Å². The van der Waals surface area contributed by atoms with Crippen molar-refractivity contribution in [1.82, 2.24) is 9.29 Å². The molecule has 2 heterocycles. The number of halogens is 1. The van der Waals surface area contributed by atoms with Gasteiger partial charge in [0.05, 0.1) is 26.1 Å². The third kappa shape index (κ3) is 4.60. The monoisotopic (exact) mass is 495 g/mol. The van der Waals surface area contributed by atoms with Crippen LogP contribution in [0.15, 0.2) is 47.4 Å². The van der Waals surface area contributed by atoms with Gasteiger partial charge in [-0.1, -0.05) is 23.7 Å². The Kier molecular flexibility index (Phi) is 6.42. The van der Waals surface area contributed by atoms with Gasteiger partial charge in [-0.25, -0.2) is 13.4 Å². The number of aromatic nitrogens is 1. The van der Waals surface area contributed by atoms with Crippen molar-refractivity contribution >= 4 is 54.8 Å². The summed E-state index contributed by atoms with van der Waals surface area (Å²) in [4.78, 5) is 26.9. The summed E-state index contributed by atoms with van der Waals surface area (Å²) >= 11 is 7.46. The first-order chi connectivity index (χ1) is 15.3. The van der Waals surface area contributed by atoms with E-state index in [1.807, 2.05) is 24.3 Å².